The number of anilines is 2. The Kier molecular flexibility index (Phi) is 7.07. The van der Waals surface area contributed by atoms with E-state index in [1.807, 2.05) is 0 Å². The van der Waals surface area contributed by atoms with Gasteiger partial charge in [0.1, 0.15) is 4.21 Å². The van der Waals surface area contributed by atoms with E-state index in [9.17, 15) is 18.0 Å². The Bertz CT molecular complexity index is 1130. The van der Waals surface area contributed by atoms with Gasteiger partial charge < -0.3 is 4.74 Å². The van der Waals surface area contributed by atoms with E-state index in [0.29, 0.717) is 15.6 Å². The molecular formula is C17H16N4O5S4. The summed E-state index contributed by atoms with van der Waals surface area (Å²) in [5.41, 5.74) is 0.761. The molecule has 1 N–H and O–H groups in total. The Morgan fingerprint density at radius 3 is 2.57 bits per heavy atom. The van der Waals surface area contributed by atoms with E-state index in [1.165, 1.54) is 32.4 Å². The van der Waals surface area contributed by atoms with E-state index in [0.717, 1.165) is 38.7 Å². The van der Waals surface area contributed by atoms with Crippen LogP contribution in [0.5, 0.6) is 0 Å². The summed E-state index contributed by atoms with van der Waals surface area (Å²) in [6, 6.07) is 9.37. The first-order valence-electron chi connectivity index (χ1n) is 8.28. The van der Waals surface area contributed by atoms with Crippen LogP contribution >= 0.6 is 34.4 Å². The van der Waals surface area contributed by atoms with E-state index in [4.69, 9.17) is 0 Å². The number of carbonyl (C=O) groups is 2. The molecule has 0 saturated carbocycles. The third-order valence-corrected chi connectivity index (χ3v) is 8.88. The number of benzene rings is 1. The number of esters is 1. The van der Waals surface area contributed by atoms with Crippen LogP contribution in [0.2, 0.25) is 0 Å². The molecule has 0 aliphatic heterocycles. The first kappa shape index (κ1) is 22.2. The molecular weight excluding hydrogens is 468 g/mol. The van der Waals surface area contributed by atoms with E-state index in [-0.39, 0.29) is 21.1 Å². The number of hydrogen-bond donors (Lipinski definition) is 1. The minimum atomic E-state index is -3.64. The number of sulfonamides is 1. The molecule has 3 aromatic rings. The Labute approximate surface area is 185 Å². The number of carbonyl (C=O) groups excluding carboxylic acids is 2. The highest BCUT2D eigenvalue weighted by atomic mass is 32.2. The van der Waals surface area contributed by atoms with Gasteiger partial charge in [-0.05, 0) is 35.7 Å². The molecule has 2 aromatic heterocycles. The molecule has 9 nitrogen and oxygen atoms in total. The van der Waals surface area contributed by atoms with Crippen molar-refractivity contribution >= 4 is 67.2 Å². The van der Waals surface area contributed by atoms with Crippen LogP contribution in [0.1, 0.15) is 10.4 Å². The SMILES string of the molecule is COC(=O)CSc1nnc(NC(=O)c2ccc(N(C)S(=O)(=O)c3cccs3)cc2)s1. The number of ether oxygens (including phenoxy) is 1. The fourth-order valence-electron chi connectivity index (χ4n) is 2.17. The second-order valence-corrected chi connectivity index (χ2v) is 11.0. The van der Waals surface area contributed by atoms with Crippen LogP contribution in [0.4, 0.5) is 10.8 Å². The molecule has 13 heteroatoms. The monoisotopic (exact) mass is 484 g/mol. The smallest absolute Gasteiger partial charge is 0.316 e. The third-order valence-electron chi connectivity index (χ3n) is 3.77. The van der Waals surface area contributed by atoms with Crippen molar-refractivity contribution in [1.82, 2.24) is 10.2 Å². The van der Waals surface area contributed by atoms with Crippen molar-refractivity contribution in [1.29, 1.82) is 0 Å². The van der Waals surface area contributed by atoms with Gasteiger partial charge in [0.15, 0.2) is 4.34 Å². The largest absolute Gasteiger partial charge is 0.468 e. The van der Waals surface area contributed by atoms with Crippen molar-refractivity contribution in [2.24, 2.45) is 0 Å². The van der Waals surface area contributed by atoms with E-state index >= 15 is 0 Å². The predicted octanol–water partition coefficient (Wildman–Crippen LogP) is 2.94. The summed E-state index contributed by atoms with van der Waals surface area (Å²) >= 11 is 3.43. The van der Waals surface area contributed by atoms with E-state index in [1.54, 1.807) is 23.6 Å². The van der Waals surface area contributed by atoms with Crippen LogP contribution in [0, 0.1) is 0 Å². The van der Waals surface area contributed by atoms with Crippen molar-refractivity contribution in [3.63, 3.8) is 0 Å². The molecule has 0 bridgehead atoms. The lowest BCUT2D eigenvalue weighted by Gasteiger charge is -2.18. The quantitative estimate of drug-likeness (QED) is 0.294. The van der Waals surface area contributed by atoms with Gasteiger partial charge in [-0.2, -0.15) is 0 Å². The Balaban J connectivity index is 1.64. The first-order chi connectivity index (χ1) is 14.3. The fourth-order valence-corrected chi connectivity index (χ4v) is 6.11. The number of aromatic nitrogens is 2. The van der Waals surface area contributed by atoms with E-state index in [2.05, 4.69) is 20.3 Å². The molecule has 0 atom stereocenters. The number of nitrogens with one attached hydrogen (secondary N) is 1. The summed E-state index contributed by atoms with van der Waals surface area (Å²) in [5.74, 6) is -0.694. The standard InChI is InChI=1S/C17H16N4O5S4/c1-21(30(24,25)14-4-3-9-27-14)12-7-5-11(6-8-12)15(23)18-16-19-20-17(29-16)28-10-13(22)26-2/h3-9H,10H2,1-2H3,(H,18,19,23). The molecule has 3 rings (SSSR count). The zero-order chi connectivity index (χ0) is 21.7. The van der Waals surface area contributed by atoms with Gasteiger partial charge in [-0.3, -0.25) is 19.2 Å². The van der Waals surface area contributed by atoms with Crippen LogP contribution in [0.15, 0.2) is 50.3 Å². The topological polar surface area (TPSA) is 119 Å². The van der Waals surface area contributed by atoms with Crippen LogP contribution < -0.4 is 9.62 Å². The second-order valence-electron chi connectivity index (χ2n) is 5.64. The average Bonchev–Trinajstić information content (AvgIpc) is 3.44. The number of methoxy groups -OCH3 is 1. The highest BCUT2D eigenvalue weighted by Gasteiger charge is 2.22. The zero-order valence-electron chi connectivity index (χ0n) is 15.8. The lowest BCUT2D eigenvalue weighted by atomic mass is 10.2. The Hall–Kier alpha value is -2.48. The molecule has 1 amide bonds. The molecule has 0 aliphatic rings. The number of amides is 1. The molecule has 0 saturated heterocycles. The minimum absolute atomic E-state index is 0.0996. The van der Waals surface area contributed by atoms with Gasteiger partial charge in [-0.15, -0.1) is 21.5 Å². The molecule has 2 heterocycles. The average molecular weight is 485 g/mol. The zero-order valence-corrected chi connectivity index (χ0v) is 19.0. The summed E-state index contributed by atoms with van der Waals surface area (Å²) in [6.45, 7) is 0. The summed E-state index contributed by atoms with van der Waals surface area (Å²) < 4.78 is 31.6. The van der Waals surface area contributed by atoms with E-state index < -0.39 is 15.9 Å². The second kappa shape index (κ2) is 9.55. The summed E-state index contributed by atoms with van der Waals surface area (Å²) in [7, 11) is -0.884. The van der Waals surface area contributed by atoms with Crippen molar-refractivity contribution in [2.75, 3.05) is 29.5 Å². The van der Waals surface area contributed by atoms with Gasteiger partial charge in [0.05, 0.1) is 18.6 Å². The summed E-state index contributed by atoms with van der Waals surface area (Å²) in [4.78, 5) is 23.6. The van der Waals surface area contributed by atoms with Crippen LogP contribution in [-0.2, 0) is 19.6 Å². The van der Waals surface area contributed by atoms with Gasteiger partial charge in [0, 0.05) is 12.6 Å². The molecule has 0 spiro atoms. The molecule has 0 fully saturated rings. The summed E-state index contributed by atoms with van der Waals surface area (Å²) in [5, 5.41) is 12.4. The number of thiophene rings is 1. The number of hydrogen-bond acceptors (Lipinski definition) is 10. The Morgan fingerprint density at radius 2 is 1.93 bits per heavy atom. The number of thioether (sulfide) groups is 1. The maximum absolute atomic E-state index is 12.6. The van der Waals surface area contributed by atoms with Crippen LogP contribution in [-0.4, -0.2) is 50.4 Å². The van der Waals surface area contributed by atoms with Gasteiger partial charge in [-0.1, -0.05) is 29.2 Å². The molecule has 0 aliphatic carbocycles. The normalized spacial score (nSPS) is 11.1. The molecule has 30 heavy (non-hydrogen) atoms. The van der Waals surface area contributed by atoms with Crippen molar-refractivity contribution in [3.05, 3.63) is 47.3 Å². The van der Waals surface area contributed by atoms with Crippen LogP contribution in [0.25, 0.3) is 0 Å². The maximum Gasteiger partial charge on any atom is 0.316 e. The van der Waals surface area contributed by atoms with Crippen LogP contribution in [0.3, 0.4) is 0 Å². The minimum Gasteiger partial charge on any atom is -0.468 e. The van der Waals surface area contributed by atoms with Gasteiger partial charge in [0.2, 0.25) is 5.13 Å². The van der Waals surface area contributed by atoms with Crippen molar-refractivity contribution < 1.29 is 22.7 Å². The molecule has 1 aromatic carbocycles. The lowest BCUT2D eigenvalue weighted by molar-refractivity contribution is -0.137. The number of rotatable bonds is 8. The Morgan fingerprint density at radius 1 is 1.20 bits per heavy atom. The first-order valence-corrected chi connectivity index (χ1v) is 12.4. The highest BCUT2D eigenvalue weighted by molar-refractivity contribution is 8.01. The third kappa shape index (κ3) is 5.16. The number of nitrogens with zero attached hydrogens (tertiary/aromatic N) is 3. The molecule has 158 valence electrons. The molecule has 0 unspecified atom stereocenters. The van der Waals surface area contributed by atoms with Crippen molar-refractivity contribution in [3.8, 4) is 0 Å². The van der Waals surface area contributed by atoms with Crippen molar-refractivity contribution in [2.45, 2.75) is 8.55 Å². The lowest BCUT2D eigenvalue weighted by Crippen LogP contribution is -2.25. The summed E-state index contributed by atoms with van der Waals surface area (Å²) in [6.07, 6.45) is 0. The maximum atomic E-state index is 12.6. The fraction of sp³-hybridized carbons (Fsp3) is 0.176. The predicted molar refractivity (Wildman–Crippen MR) is 117 cm³/mol. The highest BCUT2D eigenvalue weighted by Crippen LogP contribution is 2.27. The van der Waals surface area contributed by atoms with Gasteiger partial charge in [-0.25, -0.2) is 8.42 Å². The molecule has 0 radical (unpaired) electrons. The van der Waals surface area contributed by atoms with Gasteiger partial charge in [0.25, 0.3) is 15.9 Å². The van der Waals surface area contributed by atoms with Gasteiger partial charge >= 0.3 is 5.97 Å².